The first-order valence-corrected chi connectivity index (χ1v) is 5.44. The predicted molar refractivity (Wildman–Crippen MR) is 64.9 cm³/mol. The summed E-state index contributed by atoms with van der Waals surface area (Å²) in [6.45, 7) is 2.07. The van der Waals surface area contributed by atoms with Gasteiger partial charge >= 0.3 is 6.03 Å². The minimum Gasteiger partial charge on any atom is -0.497 e. The van der Waals surface area contributed by atoms with Crippen LogP contribution in [0.4, 0.5) is 4.79 Å². The van der Waals surface area contributed by atoms with Gasteiger partial charge < -0.3 is 20.5 Å². The van der Waals surface area contributed by atoms with Crippen molar-refractivity contribution in [3.05, 3.63) is 29.8 Å². The Kier molecular flexibility index (Phi) is 5.29. The number of methoxy groups -OCH3 is 1. The van der Waals surface area contributed by atoms with Gasteiger partial charge in [0.1, 0.15) is 5.75 Å². The fourth-order valence-corrected chi connectivity index (χ4v) is 1.29. The van der Waals surface area contributed by atoms with Gasteiger partial charge in [-0.3, -0.25) is 0 Å². The van der Waals surface area contributed by atoms with Crippen LogP contribution >= 0.6 is 0 Å². The molecule has 1 unspecified atom stereocenters. The molecule has 17 heavy (non-hydrogen) atoms. The highest BCUT2D eigenvalue weighted by atomic mass is 16.5. The van der Waals surface area contributed by atoms with E-state index >= 15 is 0 Å². The van der Waals surface area contributed by atoms with E-state index in [0.29, 0.717) is 6.54 Å². The standard InChI is InChI=1S/C12H18N2O3/c1-9(8-15)14-12(16)13-7-10-4-3-5-11(6-10)17-2/h3-6,9,15H,7-8H2,1-2H3,(H2,13,14,16). The molecular weight excluding hydrogens is 220 g/mol. The number of urea groups is 1. The number of ether oxygens (including phenoxy) is 1. The van der Waals surface area contributed by atoms with Crippen molar-refractivity contribution in [3.8, 4) is 5.75 Å². The lowest BCUT2D eigenvalue weighted by Crippen LogP contribution is -2.41. The Labute approximate surface area is 101 Å². The van der Waals surface area contributed by atoms with Crippen LogP contribution < -0.4 is 15.4 Å². The van der Waals surface area contributed by atoms with Gasteiger partial charge in [-0.15, -0.1) is 0 Å². The molecule has 1 aromatic rings. The molecule has 0 aliphatic rings. The van der Waals surface area contributed by atoms with Crippen LogP contribution in [0.15, 0.2) is 24.3 Å². The van der Waals surface area contributed by atoms with E-state index < -0.39 is 0 Å². The van der Waals surface area contributed by atoms with Gasteiger partial charge in [0.05, 0.1) is 19.8 Å². The van der Waals surface area contributed by atoms with Gasteiger partial charge in [0, 0.05) is 6.54 Å². The molecule has 5 nitrogen and oxygen atoms in total. The van der Waals surface area contributed by atoms with E-state index in [0.717, 1.165) is 11.3 Å². The van der Waals surface area contributed by atoms with Gasteiger partial charge in [0.15, 0.2) is 0 Å². The molecule has 0 spiro atoms. The molecule has 0 aromatic heterocycles. The number of carbonyl (C=O) groups is 1. The number of amides is 2. The summed E-state index contributed by atoms with van der Waals surface area (Å²) < 4.78 is 5.08. The van der Waals surface area contributed by atoms with Crippen LogP contribution in [0.25, 0.3) is 0 Å². The number of hydrogen-bond donors (Lipinski definition) is 3. The number of rotatable bonds is 5. The SMILES string of the molecule is COc1cccc(CNC(=O)NC(C)CO)c1. The summed E-state index contributed by atoms with van der Waals surface area (Å²) in [4.78, 5) is 11.4. The normalized spacial score (nSPS) is 11.7. The van der Waals surface area contributed by atoms with Gasteiger partial charge in [0.25, 0.3) is 0 Å². The molecular formula is C12H18N2O3. The van der Waals surface area contributed by atoms with Crippen LogP contribution in [0.2, 0.25) is 0 Å². The molecule has 5 heteroatoms. The second-order valence-electron chi connectivity index (χ2n) is 3.76. The largest absolute Gasteiger partial charge is 0.497 e. The zero-order valence-corrected chi connectivity index (χ0v) is 10.1. The number of hydrogen-bond acceptors (Lipinski definition) is 3. The molecule has 0 saturated carbocycles. The van der Waals surface area contributed by atoms with E-state index in [-0.39, 0.29) is 18.7 Å². The second kappa shape index (κ2) is 6.75. The summed E-state index contributed by atoms with van der Waals surface area (Å²) >= 11 is 0. The molecule has 1 aromatic carbocycles. The molecule has 0 aliphatic carbocycles. The molecule has 2 amide bonds. The van der Waals surface area contributed by atoms with Crippen LogP contribution in [-0.2, 0) is 6.54 Å². The van der Waals surface area contributed by atoms with E-state index in [1.54, 1.807) is 14.0 Å². The van der Waals surface area contributed by atoms with E-state index in [4.69, 9.17) is 9.84 Å². The van der Waals surface area contributed by atoms with Crippen molar-refractivity contribution in [1.29, 1.82) is 0 Å². The third-order valence-corrected chi connectivity index (χ3v) is 2.24. The zero-order valence-electron chi connectivity index (χ0n) is 10.1. The molecule has 94 valence electrons. The Morgan fingerprint density at radius 2 is 2.29 bits per heavy atom. The maximum absolute atomic E-state index is 11.4. The molecule has 3 N–H and O–H groups in total. The molecule has 0 heterocycles. The monoisotopic (exact) mass is 238 g/mol. The Hall–Kier alpha value is -1.75. The minimum absolute atomic E-state index is 0.0768. The zero-order chi connectivity index (χ0) is 12.7. The summed E-state index contributed by atoms with van der Waals surface area (Å²) in [7, 11) is 1.60. The van der Waals surface area contributed by atoms with Crippen LogP contribution in [-0.4, -0.2) is 30.9 Å². The summed E-state index contributed by atoms with van der Waals surface area (Å²) in [5.41, 5.74) is 0.955. The number of aliphatic hydroxyl groups is 1. The van der Waals surface area contributed by atoms with Gasteiger partial charge in [-0.2, -0.15) is 0 Å². The van der Waals surface area contributed by atoms with E-state index in [1.807, 2.05) is 24.3 Å². The van der Waals surface area contributed by atoms with Crippen molar-refractivity contribution in [3.63, 3.8) is 0 Å². The first-order valence-electron chi connectivity index (χ1n) is 5.44. The van der Waals surface area contributed by atoms with Gasteiger partial charge in [0.2, 0.25) is 0 Å². The van der Waals surface area contributed by atoms with Gasteiger partial charge in [-0.25, -0.2) is 4.79 Å². The van der Waals surface area contributed by atoms with Crippen molar-refractivity contribution in [2.75, 3.05) is 13.7 Å². The molecule has 1 rings (SSSR count). The third-order valence-electron chi connectivity index (χ3n) is 2.24. The van der Waals surface area contributed by atoms with Crippen LogP contribution in [0.5, 0.6) is 5.75 Å². The number of benzene rings is 1. The van der Waals surface area contributed by atoms with Gasteiger partial charge in [-0.1, -0.05) is 12.1 Å². The molecule has 0 saturated heterocycles. The molecule has 0 radical (unpaired) electrons. The average molecular weight is 238 g/mol. The summed E-state index contributed by atoms with van der Waals surface area (Å²) in [6.07, 6.45) is 0. The maximum Gasteiger partial charge on any atom is 0.315 e. The van der Waals surface area contributed by atoms with Crippen LogP contribution in [0.1, 0.15) is 12.5 Å². The van der Waals surface area contributed by atoms with E-state index in [9.17, 15) is 4.79 Å². The number of carbonyl (C=O) groups excluding carboxylic acids is 1. The van der Waals surface area contributed by atoms with E-state index in [1.165, 1.54) is 0 Å². The average Bonchev–Trinajstić information content (AvgIpc) is 2.36. The quantitative estimate of drug-likeness (QED) is 0.713. The lowest BCUT2D eigenvalue weighted by molar-refractivity contribution is 0.220. The minimum atomic E-state index is -0.297. The molecule has 0 bridgehead atoms. The predicted octanol–water partition coefficient (Wildman–Crippen LogP) is 0.875. The highest BCUT2D eigenvalue weighted by Gasteiger charge is 2.05. The van der Waals surface area contributed by atoms with Crippen molar-refractivity contribution >= 4 is 6.03 Å². The van der Waals surface area contributed by atoms with Crippen LogP contribution in [0, 0.1) is 0 Å². The molecule has 0 fully saturated rings. The van der Waals surface area contributed by atoms with Crippen molar-refractivity contribution in [2.24, 2.45) is 0 Å². The summed E-state index contributed by atoms with van der Waals surface area (Å²) in [5, 5.41) is 14.1. The smallest absolute Gasteiger partial charge is 0.315 e. The van der Waals surface area contributed by atoms with Crippen molar-refractivity contribution in [1.82, 2.24) is 10.6 Å². The first-order chi connectivity index (χ1) is 8.15. The maximum atomic E-state index is 11.4. The second-order valence-corrected chi connectivity index (χ2v) is 3.76. The Balaban J connectivity index is 2.41. The van der Waals surface area contributed by atoms with Crippen LogP contribution in [0.3, 0.4) is 0 Å². The Morgan fingerprint density at radius 3 is 2.94 bits per heavy atom. The van der Waals surface area contributed by atoms with Gasteiger partial charge in [-0.05, 0) is 24.6 Å². The lowest BCUT2D eigenvalue weighted by atomic mass is 10.2. The highest BCUT2D eigenvalue weighted by molar-refractivity contribution is 5.74. The summed E-state index contributed by atoms with van der Waals surface area (Å²) in [5.74, 6) is 0.758. The fraction of sp³-hybridized carbons (Fsp3) is 0.417. The van der Waals surface area contributed by atoms with Crippen molar-refractivity contribution < 1.29 is 14.6 Å². The first kappa shape index (κ1) is 13.3. The summed E-state index contributed by atoms with van der Waals surface area (Å²) in [6, 6.07) is 6.92. The Morgan fingerprint density at radius 1 is 1.53 bits per heavy atom. The topological polar surface area (TPSA) is 70.6 Å². The third kappa shape index (κ3) is 4.74. The number of aliphatic hydroxyl groups excluding tert-OH is 1. The molecule has 1 atom stereocenters. The van der Waals surface area contributed by atoms with E-state index in [2.05, 4.69) is 10.6 Å². The lowest BCUT2D eigenvalue weighted by Gasteiger charge is -2.12. The number of nitrogens with one attached hydrogen (secondary N) is 2. The Bertz CT molecular complexity index is 369. The van der Waals surface area contributed by atoms with Crippen molar-refractivity contribution in [2.45, 2.75) is 19.5 Å². The highest BCUT2D eigenvalue weighted by Crippen LogP contribution is 2.11. The molecule has 0 aliphatic heterocycles. The fourth-order valence-electron chi connectivity index (χ4n) is 1.29.